The molecule has 0 saturated heterocycles. The van der Waals surface area contributed by atoms with Crippen LogP contribution in [-0.4, -0.2) is 23.6 Å². The van der Waals surface area contributed by atoms with E-state index in [1.54, 1.807) is 7.11 Å². The summed E-state index contributed by atoms with van der Waals surface area (Å²) < 4.78 is 5.75. The Labute approximate surface area is 79.5 Å². The number of nitrogens with zero attached hydrogens (tertiary/aromatic N) is 2. The van der Waals surface area contributed by atoms with Gasteiger partial charge in [-0.25, -0.2) is 9.97 Å². The summed E-state index contributed by atoms with van der Waals surface area (Å²) in [5.41, 5.74) is 0. The van der Waals surface area contributed by atoms with Crippen LogP contribution in [0.15, 0.2) is 10.8 Å². The van der Waals surface area contributed by atoms with Gasteiger partial charge in [-0.15, -0.1) is 0 Å². The Hall–Kier alpha value is -0.840. The third-order valence-electron chi connectivity index (χ3n) is 1.30. The van der Waals surface area contributed by atoms with Crippen molar-refractivity contribution in [3.05, 3.63) is 10.8 Å². The van der Waals surface area contributed by atoms with Crippen LogP contribution in [0.25, 0.3) is 0 Å². The average Bonchev–Trinajstić information content (AvgIpc) is 2.09. The molecule has 0 fully saturated rings. The van der Waals surface area contributed by atoms with Crippen LogP contribution >= 0.6 is 15.9 Å². The maximum absolute atomic E-state index is 4.99. The van der Waals surface area contributed by atoms with E-state index in [0.29, 0.717) is 5.88 Å². The fraction of sp³-hybridized carbons (Fsp3) is 0.429. The number of ether oxygens (including phenoxy) is 1. The maximum atomic E-state index is 4.99. The molecular formula is C7H10BrN3O. The van der Waals surface area contributed by atoms with Crippen molar-refractivity contribution in [1.82, 2.24) is 9.97 Å². The molecule has 1 N–H and O–H groups in total. The van der Waals surface area contributed by atoms with E-state index >= 15 is 0 Å². The van der Waals surface area contributed by atoms with Crippen LogP contribution < -0.4 is 10.1 Å². The summed E-state index contributed by atoms with van der Waals surface area (Å²) in [5, 5.41) is 3.07. The molecule has 1 aromatic rings. The Balaban J connectivity index is 2.97. The zero-order valence-electron chi connectivity index (χ0n) is 6.97. The highest BCUT2D eigenvalue weighted by molar-refractivity contribution is 9.10. The van der Waals surface area contributed by atoms with Crippen LogP contribution in [0, 0.1) is 0 Å². The van der Waals surface area contributed by atoms with Crippen LogP contribution in [-0.2, 0) is 0 Å². The van der Waals surface area contributed by atoms with Crippen LogP contribution in [0.3, 0.4) is 0 Å². The van der Waals surface area contributed by atoms with Crippen molar-refractivity contribution in [2.75, 3.05) is 19.0 Å². The largest absolute Gasteiger partial charge is 0.480 e. The molecule has 0 aliphatic heterocycles. The molecule has 12 heavy (non-hydrogen) atoms. The van der Waals surface area contributed by atoms with Crippen LogP contribution in [0.4, 0.5) is 5.82 Å². The van der Waals surface area contributed by atoms with Gasteiger partial charge in [0.25, 0.3) is 0 Å². The predicted molar refractivity (Wildman–Crippen MR) is 50.4 cm³/mol. The third kappa shape index (κ3) is 1.85. The molecule has 0 spiro atoms. The van der Waals surface area contributed by atoms with E-state index < -0.39 is 0 Å². The fourth-order valence-corrected chi connectivity index (χ4v) is 1.29. The van der Waals surface area contributed by atoms with Gasteiger partial charge in [0.2, 0.25) is 5.88 Å². The quantitative estimate of drug-likeness (QED) is 0.861. The van der Waals surface area contributed by atoms with Crippen molar-refractivity contribution in [1.29, 1.82) is 0 Å². The lowest BCUT2D eigenvalue weighted by molar-refractivity contribution is 0.394. The molecule has 0 unspecified atom stereocenters. The van der Waals surface area contributed by atoms with E-state index in [1.807, 2.05) is 6.92 Å². The first-order valence-corrected chi connectivity index (χ1v) is 4.37. The minimum Gasteiger partial charge on any atom is -0.480 e. The zero-order valence-corrected chi connectivity index (χ0v) is 8.55. The normalized spacial score (nSPS) is 9.58. The molecule has 0 saturated carbocycles. The summed E-state index contributed by atoms with van der Waals surface area (Å²) in [6.07, 6.45) is 1.46. The second kappa shape index (κ2) is 4.25. The highest BCUT2D eigenvalue weighted by Gasteiger charge is 2.06. The second-order valence-corrected chi connectivity index (χ2v) is 2.87. The highest BCUT2D eigenvalue weighted by Crippen LogP contribution is 2.27. The summed E-state index contributed by atoms with van der Waals surface area (Å²) in [5.74, 6) is 1.30. The Morgan fingerprint density at radius 2 is 2.33 bits per heavy atom. The Bertz CT molecular complexity index is 267. The number of nitrogens with one attached hydrogen (secondary N) is 1. The van der Waals surface area contributed by atoms with E-state index in [2.05, 4.69) is 31.2 Å². The number of anilines is 1. The summed E-state index contributed by atoms with van der Waals surface area (Å²) in [7, 11) is 1.57. The van der Waals surface area contributed by atoms with E-state index in [9.17, 15) is 0 Å². The van der Waals surface area contributed by atoms with E-state index in [0.717, 1.165) is 16.8 Å². The summed E-state index contributed by atoms with van der Waals surface area (Å²) in [6, 6.07) is 0. The summed E-state index contributed by atoms with van der Waals surface area (Å²) in [4.78, 5) is 7.95. The molecule has 0 aliphatic rings. The van der Waals surface area contributed by atoms with Gasteiger partial charge >= 0.3 is 0 Å². The van der Waals surface area contributed by atoms with Gasteiger partial charge in [0.1, 0.15) is 16.6 Å². The lowest BCUT2D eigenvalue weighted by Crippen LogP contribution is -2.02. The molecule has 4 nitrogen and oxygen atoms in total. The Kier molecular flexibility index (Phi) is 3.28. The van der Waals surface area contributed by atoms with Gasteiger partial charge in [-0.2, -0.15) is 0 Å². The summed E-state index contributed by atoms with van der Waals surface area (Å²) >= 11 is 3.33. The monoisotopic (exact) mass is 231 g/mol. The number of halogens is 1. The van der Waals surface area contributed by atoms with Gasteiger partial charge in [0, 0.05) is 6.54 Å². The van der Waals surface area contributed by atoms with E-state index in [4.69, 9.17) is 4.74 Å². The number of hydrogen-bond donors (Lipinski definition) is 1. The van der Waals surface area contributed by atoms with Crippen LogP contribution in [0.2, 0.25) is 0 Å². The van der Waals surface area contributed by atoms with Gasteiger partial charge in [-0.05, 0) is 22.9 Å². The lowest BCUT2D eigenvalue weighted by atomic mass is 10.5. The molecule has 1 rings (SSSR count). The fourth-order valence-electron chi connectivity index (χ4n) is 0.787. The van der Waals surface area contributed by atoms with E-state index in [-0.39, 0.29) is 0 Å². The molecular weight excluding hydrogens is 222 g/mol. The molecule has 0 aromatic carbocycles. The summed E-state index contributed by atoms with van der Waals surface area (Å²) in [6.45, 7) is 2.82. The first-order chi connectivity index (χ1) is 5.79. The van der Waals surface area contributed by atoms with Crippen molar-refractivity contribution in [3.63, 3.8) is 0 Å². The first kappa shape index (κ1) is 9.25. The molecule has 0 aliphatic carbocycles. The number of hydrogen-bond acceptors (Lipinski definition) is 4. The van der Waals surface area contributed by atoms with Crippen LogP contribution in [0.1, 0.15) is 6.92 Å². The van der Waals surface area contributed by atoms with Crippen molar-refractivity contribution in [2.45, 2.75) is 6.92 Å². The van der Waals surface area contributed by atoms with Gasteiger partial charge in [0.15, 0.2) is 0 Å². The standard InChI is InChI=1S/C7H10BrN3O/c1-3-9-6-5(8)7(12-2)11-4-10-6/h4H,3H2,1-2H3,(H,9,10,11). The Morgan fingerprint density at radius 3 is 2.92 bits per heavy atom. The van der Waals surface area contributed by atoms with Gasteiger partial charge in [0.05, 0.1) is 7.11 Å². The molecule has 1 aromatic heterocycles. The molecule has 0 amide bonds. The van der Waals surface area contributed by atoms with E-state index in [1.165, 1.54) is 6.33 Å². The van der Waals surface area contributed by atoms with Gasteiger partial charge < -0.3 is 10.1 Å². The molecule has 1 heterocycles. The van der Waals surface area contributed by atoms with Crippen molar-refractivity contribution < 1.29 is 4.74 Å². The molecule has 0 radical (unpaired) electrons. The van der Waals surface area contributed by atoms with Gasteiger partial charge in [-0.3, -0.25) is 0 Å². The lowest BCUT2D eigenvalue weighted by Gasteiger charge is -2.06. The van der Waals surface area contributed by atoms with Gasteiger partial charge in [-0.1, -0.05) is 0 Å². The molecule has 5 heteroatoms. The molecule has 0 atom stereocenters. The second-order valence-electron chi connectivity index (χ2n) is 2.08. The number of rotatable bonds is 3. The third-order valence-corrected chi connectivity index (χ3v) is 2.01. The Morgan fingerprint density at radius 1 is 1.58 bits per heavy atom. The average molecular weight is 232 g/mol. The van der Waals surface area contributed by atoms with Crippen molar-refractivity contribution in [3.8, 4) is 5.88 Å². The van der Waals surface area contributed by atoms with Crippen molar-refractivity contribution >= 4 is 21.7 Å². The number of aromatic nitrogens is 2. The number of methoxy groups -OCH3 is 1. The maximum Gasteiger partial charge on any atom is 0.233 e. The smallest absolute Gasteiger partial charge is 0.233 e. The predicted octanol–water partition coefficient (Wildman–Crippen LogP) is 1.68. The van der Waals surface area contributed by atoms with Crippen molar-refractivity contribution in [2.24, 2.45) is 0 Å². The minimum atomic E-state index is 0.543. The van der Waals surface area contributed by atoms with Crippen LogP contribution in [0.5, 0.6) is 5.88 Å². The SMILES string of the molecule is CCNc1ncnc(OC)c1Br. The topological polar surface area (TPSA) is 47.0 Å². The minimum absolute atomic E-state index is 0.543. The molecule has 66 valence electrons. The first-order valence-electron chi connectivity index (χ1n) is 3.58. The molecule has 0 bridgehead atoms. The highest BCUT2D eigenvalue weighted by atomic mass is 79.9. The zero-order chi connectivity index (χ0) is 8.97.